The number of ether oxygens (including phenoxy) is 1. The van der Waals surface area contributed by atoms with Crippen molar-refractivity contribution < 1.29 is 13.9 Å². The Morgan fingerprint density at radius 1 is 1.07 bits per heavy atom. The Kier molecular flexibility index (Phi) is 2.14. The quantitative estimate of drug-likeness (QED) is 0.680. The second kappa shape index (κ2) is 3.46. The van der Waals surface area contributed by atoms with Gasteiger partial charge in [0.25, 0.3) is 6.47 Å². The van der Waals surface area contributed by atoms with Crippen LogP contribution < -0.4 is 4.74 Å². The first-order valence-electron chi connectivity index (χ1n) is 4.10. The van der Waals surface area contributed by atoms with Gasteiger partial charge in [0.1, 0.15) is 11.6 Å². The standard InChI is InChI=1S/C11H7FO2/c12-10-5-1-4-9-8(10)3-2-6-11(9)14-7-13/h1-7H. The molecule has 2 aromatic rings. The summed E-state index contributed by atoms with van der Waals surface area (Å²) in [5.41, 5.74) is 0. The van der Waals surface area contributed by atoms with Crippen molar-refractivity contribution >= 4 is 17.2 Å². The molecule has 0 aromatic heterocycles. The third-order valence-electron chi connectivity index (χ3n) is 2.00. The lowest BCUT2D eigenvalue weighted by molar-refractivity contribution is -0.120. The number of hydrogen-bond donors (Lipinski definition) is 0. The van der Waals surface area contributed by atoms with Gasteiger partial charge in [0.2, 0.25) is 0 Å². The van der Waals surface area contributed by atoms with E-state index in [1.54, 1.807) is 30.3 Å². The number of rotatable bonds is 2. The summed E-state index contributed by atoms with van der Waals surface area (Å²) in [7, 11) is 0. The second-order valence-electron chi connectivity index (χ2n) is 2.81. The molecule has 0 bridgehead atoms. The smallest absolute Gasteiger partial charge is 0.298 e. The molecule has 0 spiro atoms. The Labute approximate surface area is 79.9 Å². The molecule has 0 unspecified atom stereocenters. The average Bonchev–Trinajstić information content (AvgIpc) is 2.20. The highest BCUT2D eigenvalue weighted by Crippen LogP contribution is 2.26. The molecule has 0 radical (unpaired) electrons. The average molecular weight is 190 g/mol. The molecule has 2 nitrogen and oxygen atoms in total. The Hall–Kier alpha value is -1.90. The number of halogens is 1. The van der Waals surface area contributed by atoms with Crippen LogP contribution in [0, 0.1) is 5.82 Å². The second-order valence-corrected chi connectivity index (χ2v) is 2.81. The molecule has 0 heterocycles. The van der Waals surface area contributed by atoms with E-state index in [4.69, 9.17) is 4.74 Å². The molecule has 70 valence electrons. The van der Waals surface area contributed by atoms with Gasteiger partial charge in [0.05, 0.1) is 0 Å². The van der Waals surface area contributed by atoms with E-state index in [1.165, 1.54) is 6.07 Å². The highest BCUT2D eigenvalue weighted by atomic mass is 19.1. The van der Waals surface area contributed by atoms with Gasteiger partial charge < -0.3 is 4.74 Å². The normalized spacial score (nSPS) is 10.1. The maximum absolute atomic E-state index is 13.3. The van der Waals surface area contributed by atoms with Crippen molar-refractivity contribution in [2.24, 2.45) is 0 Å². The van der Waals surface area contributed by atoms with Gasteiger partial charge in [-0.15, -0.1) is 0 Å². The van der Waals surface area contributed by atoms with Crippen LogP contribution in [0.3, 0.4) is 0 Å². The lowest BCUT2D eigenvalue weighted by atomic mass is 10.1. The van der Waals surface area contributed by atoms with E-state index >= 15 is 0 Å². The zero-order chi connectivity index (χ0) is 9.97. The van der Waals surface area contributed by atoms with E-state index in [-0.39, 0.29) is 5.82 Å². The first-order valence-corrected chi connectivity index (χ1v) is 4.10. The summed E-state index contributed by atoms with van der Waals surface area (Å²) < 4.78 is 18.0. The molecule has 0 saturated carbocycles. The number of carbonyl (C=O) groups excluding carboxylic acids is 1. The van der Waals surface area contributed by atoms with Gasteiger partial charge in [0.15, 0.2) is 0 Å². The monoisotopic (exact) mass is 190 g/mol. The van der Waals surface area contributed by atoms with Crippen LogP contribution in [0.2, 0.25) is 0 Å². The van der Waals surface area contributed by atoms with Gasteiger partial charge in [0, 0.05) is 10.8 Å². The fourth-order valence-electron chi connectivity index (χ4n) is 1.40. The van der Waals surface area contributed by atoms with Crippen LogP contribution in [0.5, 0.6) is 5.75 Å². The van der Waals surface area contributed by atoms with Crippen LogP contribution in [0.25, 0.3) is 10.8 Å². The van der Waals surface area contributed by atoms with Gasteiger partial charge in [-0.3, -0.25) is 4.79 Å². The van der Waals surface area contributed by atoms with Crippen molar-refractivity contribution in [3.8, 4) is 5.75 Å². The lowest BCUT2D eigenvalue weighted by Gasteiger charge is -2.03. The predicted octanol–water partition coefficient (Wildman–Crippen LogP) is 2.51. The number of benzene rings is 2. The minimum absolute atomic E-state index is 0.321. The molecule has 3 heteroatoms. The van der Waals surface area contributed by atoms with Crippen molar-refractivity contribution in [1.82, 2.24) is 0 Å². The van der Waals surface area contributed by atoms with Crippen LogP contribution >= 0.6 is 0 Å². The molecule has 0 aliphatic rings. The lowest BCUT2D eigenvalue weighted by Crippen LogP contribution is -1.90. The van der Waals surface area contributed by atoms with Gasteiger partial charge in [-0.1, -0.05) is 24.3 Å². The number of fused-ring (bicyclic) bond motifs is 1. The first-order chi connectivity index (χ1) is 6.83. The van der Waals surface area contributed by atoms with Crippen molar-refractivity contribution in [2.45, 2.75) is 0 Å². The Morgan fingerprint density at radius 3 is 2.57 bits per heavy atom. The summed E-state index contributed by atoms with van der Waals surface area (Å²) in [4.78, 5) is 10.2. The SMILES string of the molecule is O=COc1cccc2c(F)cccc12. The molecule has 0 atom stereocenters. The molecule has 0 aliphatic carbocycles. The summed E-state index contributed by atoms with van der Waals surface area (Å²) in [5.74, 6) is 0.0517. The third-order valence-corrected chi connectivity index (χ3v) is 2.00. The fraction of sp³-hybridized carbons (Fsp3) is 0. The molecule has 0 amide bonds. The molecule has 0 saturated heterocycles. The number of carbonyl (C=O) groups is 1. The summed E-state index contributed by atoms with van der Waals surface area (Å²) in [6.45, 7) is 0.333. The molecule has 2 rings (SSSR count). The first kappa shape index (κ1) is 8.69. The third kappa shape index (κ3) is 1.33. The van der Waals surface area contributed by atoms with Gasteiger partial charge in [-0.2, -0.15) is 0 Å². The van der Waals surface area contributed by atoms with Crippen LogP contribution in [-0.2, 0) is 4.79 Å². The van der Waals surface area contributed by atoms with Crippen LogP contribution in [0.15, 0.2) is 36.4 Å². The molecular weight excluding hydrogens is 183 g/mol. The van der Waals surface area contributed by atoms with Crippen LogP contribution in [0.1, 0.15) is 0 Å². The van der Waals surface area contributed by atoms with E-state index in [2.05, 4.69) is 0 Å². The molecule has 14 heavy (non-hydrogen) atoms. The summed E-state index contributed by atoms with van der Waals surface area (Å²) in [6.07, 6.45) is 0. The largest absolute Gasteiger partial charge is 0.428 e. The minimum atomic E-state index is -0.321. The summed E-state index contributed by atoms with van der Waals surface area (Å²) in [6, 6.07) is 9.56. The van der Waals surface area contributed by atoms with Crippen LogP contribution in [-0.4, -0.2) is 6.47 Å². The number of hydrogen-bond acceptors (Lipinski definition) is 2. The minimum Gasteiger partial charge on any atom is -0.428 e. The van der Waals surface area contributed by atoms with Crippen molar-refractivity contribution in [1.29, 1.82) is 0 Å². The Bertz CT molecular complexity index is 480. The highest BCUT2D eigenvalue weighted by Gasteiger charge is 2.04. The molecule has 0 aliphatic heterocycles. The maximum Gasteiger partial charge on any atom is 0.298 e. The van der Waals surface area contributed by atoms with Gasteiger partial charge >= 0.3 is 0 Å². The Morgan fingerprint density at radius 2 is 1.79 bits per heavy atom. The van der Waals surface area contributed by atoms with Crippen LogP contribution in [0.4, 0.5) is 4.39 Å². The van der Waals surface area contributed by atoms with E-state index in [0.29, 0.717) is 23.0 Å². The molecule has 0 N–H and O–H groups in total. The summed E-state index contributed by atoms with van der Waals surface area (Å²) >= 11 is 0. The zero-order valence-electron chi connectivity index (χ0n) is 7.24. The van der Waals surface area contributed by atoms with Crippen molar-refractivity contribution in [3.05, 3.63) is 42.2 Å². The van der Waals surface area contributed by atoms with E-state index in [0.717, 1.165) is 0 Å². The zero-order valence-corrected chi connectivity index (χ0v) is 7.24. The maximum atomic E-state index is 13.3. The van der Waals surface area contributed by atoms with Crippen molar-refractivity contribution in [2.75, 3.05) is 0 Å². The van der Waals surface area contributed by atoms with Gasteiger partial charge in [-0.25, -0.2) is 4.39 Å². The predicted molar refractivity (Wildman–Crippen MR) is 50.6 cm³/mol. The highest BCUT2D eigenvalue weighted by molar-refractivity contribution is 5.89. The topological polar surface area (TPSA) is 26.3 Å². The fourth-order valence-corrected chi connectivity index (χ4v) is 1.40. The molecular formula is C11H7FO2. The van der Waals surface area contributed by atoms with E-state index in [9.17, 15) is 9.18 Å². The summed E-state index contributed by atoms with van der Waals surface area (Å²) in [5, 5.41) is 1.05. The molecule has 0 fully saturated rings. The van der Waals surface area contributed by atoms with Gasteiger partial charge in [-0.05, 0) is 12.1 Å². The van der Waals surface area contributed by atoms with E-state index in [1.807, 2.05) is 0 Å². The Balaban J connectivity index is 2.74. The van der Waals surface area contributed by atoms with Crippen molar-refractivity contribution in [3.63, 3.8) is 0 Å². The van der Waals surface area contributed by atoms with E-state index < -0.39 is 0 Å². The molecule has 2 aromatic carbocycles.